The van der Waals surface area contributed by atoms with Crippen LogP contribution in [0.2, 0.25) is 0 Å². The number of ether oxygens (including phenoxy) is 3. The highest BCUT2D eigenvalue weighted by atomic mass is 32.2. The molecular weight excluding hydrogens is 612 g/mol. The number of benzene rings is 2. The van der Waals surface area contributed by atoms with E-state index in [-0.39, 0.29) is 36.3 Å². The minimum absolute atomic E-state index is 0.0215. The maximum absolute atomic E-state index is 13.5. The molecule has 1 fully saturated rings. The molecule has 0 unspecified atom stereocenters. The molecule has 0 N–H and O–H groups in total. The lowest BCUT2D eigenvalue weighted by Gasteiger charge is -2.34. The van der Waals surface area contributed by atoms with Crippen molar-refractivity contribution in [3.63, 3.8) is 0 Å². The molecule has 0 atom stereocenters. The van der Waals surface area contributed by atoms with Crippen molar-refractivity contribution in [2.45, 2.75) is 52.2 Å². The average Bonchev–Trinajstić information content (AvgIpc) is 2.98. The number of carbonyl (C=O) groups excluding carboxylic acids is 3. The molecule has 0 aromatic heterocycles. The summed E-state index contributed by atoms with van der Waals surface area (Å²) >= 11 is 0. The predicted molar refractivity (Wildman–Crippen MR) is 174 cm³/mol. The summed E-state index contributed by atoms with van der Waals surface area (Å²) in [6.07, 6.45) is 3.59. The van der Waals surface area contributed by atoms with Gasteiger partial charge in [-0.1, -0.05) is 24.3 Å². The van der Waals surface area contributed by atoms with Crippen LogP contribution in [0.5, 0.6) is 5.75 Å². The lowest BCUT2D eigenvalue weighted by molar-refractivity contribution is -0.139. The summed E-state index contributed by atoms with van der Waals surface area (Å²) < 4.78 is 44.7. The van der Waals surface area contributed by atoms with Gasteiger partial charge < -0.3 is 24.0 Å². The van der Waals surface area contributed by atoms with Crippen molar-refractivity contribution in [1.82, 2.24) is 9.80 Å². The quantitative estimate of drug-likeness (QED) is 0.321. The zero-order valence-electron chi connectivity index (χ0n) is 27.2. The molecule has 1 aliphatic rings. The number of piperidine rings is 1. The molecule has 0 aliphatic carbocycles. The van der Waals surface area contributed by atoms with E-state index in [4.69, 9.17) is 14.2 Å². The first-order valence-electron chi connectivity index (χ1n) is 15.0. The molecule has 1 aliphatic heterocycles. The Hall–Kier alpha value is -4.57. The summed E-state index contributed by atoms with van der Waals surface area (Å²) in [7, 11) is -1.10. The second kappa shape index (κ2) is 15.6. The Morgan fingerprint density at radius 3 is 2.39 bits per heavy atom. The monoisotopic (exact) mass is 654 g/mol. The van der Waals surface area contributed by atoms with E-state index < -0.39 is 39.3 Å². The molecule has 46 heavy (non-hydrogen) atoms. The van der Waals surface area contributed by atoms with E-state index in [1.54, 1.807) is 68.4 Å². The summed E-state index contributed by atoms with van der Waals surface area (Å²) in [5.74, 6) is -1.94. The molecule has 0 spiro atoms. The van der Waals surface area contributed by atoms with Gasteiger partial charge in [0.05, 0.1) is 36.0 Å². The fraction of sp³-hybridized carbons (Fsp3) is 0.455. The van der Waals surface area contributed by atoms with Crippen LogP contribution in [0, 0.1) is 11.3 Å². The summed E-state index contributed by atoms with van der Waals surface area (Å²) in [5, 5.41) is 9.20. The fourth-order valence-corrected chi connectivity index (χ4v) is 5.94. The Balaban J connectivity index is 1.91. The van der Waals surface area contributed by atoms with Crippen molar-refractivity contribution in [2.24, 2.45) is 0 Å². The van der Waals surface area contributed by atoms with E-state index >= 15 is 0 Å². The third-order valence-corrected chi connectivity index (χ3v) is 8.45. The summed E-state index contributed by atoms with van der Waals surface area (Å²) in [4.78, 5) is 41.0. The second-order valence-electron chi connectivity index (χ2n) is 11.9. The van der Waals surface area contributed by atoms with Crippen molar-refractivity contribution in [1.29, 1.82) is 5.26 Å². The van der Waals surface area contributed by atoms with Gasteiger partial charge in [0.25, 0.3) is 5.91 Å². The largest absolute Gasteiger partial charge is 0.489 e. The molecule has 2 aromatic rings. The molecule has 0 saturated carbocycles. The number of hydrogen-bond acceptors (Lipinski definition) is 9. The van der Waals surface area contributed by atoms with Crippen LogP contribution < -0.4 is 9.04 Å². The Labute approximate surface area is 271 Å². The number of carbonyl (C=O) groups is 3. The molecule has 1 saturated heterocycles. The van der Waals surface area contributed by atoms with Gasteiger partial charge in [-0.3, -0.25) is 13.9 Å². The number of rotatable bonds is 11. The molecule has 2 amide bonds. The van der Waals surface area contributed by atoms with Crippen LogP contribution in [0.15, 0.2) is 48.5 Å². The maximum atomic E-state index is 13.5. The number of hydrogen-bond donors (Lipinski definition) is 0. The number of esters is 1. The molecular formula is C33H42N4O8S. The number of nitrogens with zero attached hydrogens (tertiary/aromatic N) is 4. The number of anilines is 1. The van der Waals surface area contributed by atoms with Crippen LogP contribution >= 0.6 is 0 Å². The number of nitriles is 1. The van der Waals surface area contributed by atoms with Gasteiger partial charge in [-0.15, -0.1) is 0 Å². The number of sulfonamides is 1. The number of amides is 2. The summed E-state index contributed by atoms with van der Waals surface area (Å²) in [5.41, 5.74) is 0.818. The lowest BCUT2D eigenvalue weighted by atomic mass is 10.1. The maximum Gasteiger partial charge on any atom is 0.410 e. The van der Waals surface area contributed by atoms with Crippen molar-refractivity contribution in [2.75, 3.05) is 50.4 Å². The number of likely N-dealkylation sites (tertiary alicyclic amines) is 1. The van der Waals surface area contributed by atoms with Crippen molar-refractivity contribution in [3.8, 4) is 11.8 Å². The van der Waals surface area contributed by atoms with Crippen LogP contribution in [-0.4, -0.2) is 94.0 Å². The highest BCUT2D eigenvalue weighted by Gasteiger charge is 2.30. The first-order valence-corrected chi connectivity index (χ1v) is 16.6. The highest BCUT2D eigenvalue weighted by molar-refractivity contribution is 7.93. The molecule has 12 nitrogen and oxygen atoms in total. The first-order chi connectivity index (χ1) is 21.6. The Morgan fingerprint density at radius 2 is 1.78 bits per heavy atom. The van der Waals surface area contributed by atoms with E-state index in [2.05, 4.69) is 6.07 Å². The SMILES string of the molecule is CCOC(=O)CS(=O)(=O)N(C/C=C/c1cccc(C#N)c1)c1ccc(OC2CCN(C(=O)OC(C)(C)C)CC2)c(C(=O)N(C)C)c1. The molecule has 248 valence electrons. The van der Waals surface area contributed by atoms with E-state index in [0.29, 0.717) is 37.1 Å². The van der Waals surface area contributed by atoms with Crippen LogP contribution in [0.3, 0.4) is 0 Å². The van der Waals surface area contributed by atoms with Gasteiger partial charge in [-0.25, -0.2) is 13.2 Å². The molecule has 1 heterocycles. The van der Waals surface area contributed by atoms with Crippen molar-refractivity contribution < 1.29 is 37.0 Å². The van der Waals surface area contributed by atoms with Crippen LogP contribution in [-0.2, 0) is 24.3 Å². The Kier molecular flexibility index (Phi) is 12.2. The van der Waals surface area contributed by atoms with Crippen LogP contribution in [0.4, 0.5) is 10.5 Å². The Bertz CT molecular complexity index is 1580. The van der Waals surface area contributed by atoms with E-state index in [1.165, 1.54) is 17.0 Å². The highest BCUT2D eigenvalue weighted by Crippen LogP contribution is 2.30. The topological polar surface area (TPSA) is 147 Å². The zero-order chi connectivity index (χ0) is 34.1. The smallest absolute Gasteiger partial charge is 0.410 e. The van der Waals surface area contributed by atoms with Crippen molar-refractivity contribution in [3.05, 3.63) is 65.2 Å². The van der Waals surface area contributed by atoms with E-state index in [0.717, 1.165) is 4.31 Å². The zero-order valence-corrected chi connectivity index (χ0v) is 28.0. The Morgan fingerprint density at radius 1 is 1.09 bits per heavy atom. The molecule has 0 bridgehead atoms. The second-order valence-corrected chi connectivity index (χ2v) is 13.8. The third-order valence-electron chi connectivity index (χ3n) is 6.81. The van der Waals surface area contributed by atoms with Gasteiger partial charge >= 0.3 is 12.1 Å². The lowest BCUT2D eigenvalue weighted by Crippen LogP contribution is -2.44. The predicted octanol–water partition coefficient (Wildman–Crippen LogP) is 4.45. The molecule has 13 heteroatoms. The normalized spacial score (nSPS) is 14.0. The minimum Gasteiger partial charge on any atom is -0.489 e. The van der Waals surface area contributed by atoms with Gasteiger partial charge in [0, 0.05) is 40.0 Å². The third kappa shape index (κ3) is 10.2. The molecule has 2 aromatic carbocycles. The van der Waals surface area contributed by atoms with E-state index in [9.17, 15) is 28.1 Å². The van der Waals surface area contributed by atoms with Crippen LogP contribution in [0.1, 0.15) is 62.0 Å². The molecule has 3 rings (SSSR count). The van der Waals surface area contributed by atoms with Gasteiger partial charge in [-0.05, 0) is 63.6 Å². The van der Waals surface area contributed by atoms with E-state index in [1.807, 2.05) is 20.8 Å². The van der Waals surface area contributed by atoms with Gasteiger partial charge in [-0.2, -0.15) is 5.26 Å². The van der Waals surface area contributed by atoms with Gasteiger partial charge in [0.15, 0.2) is 5.75 Å². The minimum atomic E-state index is -4.25. The standard InChI is InChI=1S/C33H42N4O8S/c1-7-43-30(38)23-46(41,42)37(17-9-12-24-10-8-11-25(20-24)22-34)26-13-14-29(28(21-26)31(39)35(5)6)44-27-15-18-36(19-16-27)32(40)45-33(2,3)4/h8-14,20-21,27H,7,15-19,23H2,1-6H3/b12-9+. The van der Waals surface area contributed by atoms with Gasteiger partial charge in [0.2, 0.25) is 10.0 Å². The van der Waals surface area contributed by atoms with Crippen LogP contribution in [0.25, 0.3) is 6.08 Å². The van der Waals surface area contributed by atoms with Crippen molar-refractivity contribution >= 4 is 39.8 Å². The molecule has 0 radical (unpaired) electrons. The summed E-state index contributed by atoms with van der Waals surface area (Å²) in [6, 6.07) is 13.4. The van der Waals surface area contributed by atoms with Gasteiger partial charge in [0.1, 0.15) is 17.5 Å². The first kappa shape index (κ1) is 35.9. The average molecular weight is 655 g/mol. The summed E-state index contributed by atoms with van der Waals surface area (Å²) in [6.45, 7) is 7.69. The fourth-order valence-electron chi connectivity index (χ4n) is 4.65.